The summed E-state index contributed by atoms with van der Waals surface area (Å²) in [5.74, 6) is -0.582. The Morgan fingerprint density at radius 1 is 1.32 bits per heavy atom. The number of rotatable bonds is 6. The zero-order valence-electron chi connectivity index (χ0n) is 10.6. The molecule has 1 unspecified atom stereocenters. The first-order valence-corrected chi connectivity index (χ1v) is 6.74. The number of halogens is 1. The van der Waals surface area contributed by atoms with Crippen LogP contribution in [0.4, 0.5) is 0 Å². The van der Waals surface area contributed by atoms with Gasteiger partial charge in [-0.25, -0.2) is 0 Å². The van der Waals surface area contributed by atoms with Gasteiger partial charge in [0.2, 0.25) is 5.91 Å². The summed E-state index contributed by atoms with van der Waals surface area (Å²) in [6.45, 7) is 2.14. The lowest BCUT2D eigenvalue weighted by Crippen LogP contribution is -2.39. The summed E-state index contributed by atoms with van der Waals surface area (Å²) in [5, 5.41) is 14.0. The number of aliphatic hydroxyl groups excluding tert-OH is 1. The molecule has 0 aromatic heterocycles. The Morgan fingerprint density at radius 2 is 2.00 bits per heavy atom. The van der Waals surface area contributed by atoms with Crippen molar-refractivity contribution in [1.29, 1.82) is 0 Å². The van der Waals surface area contributed by atoms with E-state index < -0.39 is 0 Å². The molecule has 3 N–H and O–H groups in total. The van der Waals surface area contributed by atoms with Gasteiger partial charge in [-0.15, -0.1) is 0 Å². The Bertz CT molecular complexity index is 451. The number of hydrogen-bond acceptors (Lipinski definition) is 3. The maximum Gasteiger partial charge on any atom is 0.252 e. The van der Waals surface area contributed by atoms with Gasteiger partial charge in [0.1, 0.15) is 0 Å². The second-order valence-corrected chi connectivity index (χ2v) is 5.11. The van der Waals surface area contributed by atoms with Crippen molar-refractivity contribution in [3.63, 3.8) is 0 Å². The van der Waals surface area contributed by atoms with Crippen LogP contribution in [-0.2, 0) is 4.79 Å². The van der Waals surface area contributed by atoms with E-state index in [0.717, 1.165) is 0 Å². The highest BCUT2D eigenvalue weighted by atomic mass is 79.9. The van der Waals surface area contributed by atoms with Gasteiger partial charge in [-0.2, -0.15) is 0 Å². The third kappa shape index (κ3) is 5.40. The minimum absolute atomic E-state index is 0.00270. The quantitative estimate of drug-likeness (QED) is 0.726. The predicted molar refractivity (Wildman–Crippen MR) is 75.7 cm³/mol. The van der Waals surface area contributed by atoms with Gasteiger partial charge >= 0.3 is 0 Å². The van der Waals surface area contributed by atoms with Crippen LogP contribution in [0, 0.1) is 5.92 Å². The number of nitrogens with one attached hydrogen (secondary N) is 2. The minimum atomic E-state index is -0.308. The lowest BCUT2D eigenvalue weighted by Gasteiger charge is -2.10. The molecule has 0 saturated carbocycles. The van der Waals surface area contributed by atoms with Gasteiger partial charge in [-0.05, 0) is 34.0 Å². The normalized spacial score (nSPS) is 11.7. The molecule has 0 aliphatic rings. The second kappa shape index (κ2) is 7.91. The SMILES string of the molecule is CC(CO)CNC(=O)CNC(=O)c1ccccc1Br. The molecule has 0 aliphatic heterocycles. The summed E-state index contributed by atoms with van der Waals surface area (Å²) in [7, 11) is 0. The zero-order valence-corrected chi connectivity index (χ0v) is 12.2. The molecule has 1 aromatic carbocycles. The molecule has 6 heteroatoms. The minimum Gasteiger partial charge on any atom is -0.396 e. The van der Waals surface area contributed by atoms with Crippen LogP contribution in [0.25, 0.3) is 0 Å². The molecule has 0 fully saturated rings. The predicted octanol–water partition coefficient (Wildman–Crippen LogP) is 0.924. The van der Waals surface area contributed by atoms with E-state index in [0.29, 0.717) is 16.6 Å². The van der Waals surface area contributed by atoms with E-state index in [-0.39, 0.29) is 30.9 Å². The Hall–Kier alpha value is -1.40. The van der Waals surface area contributed by atoms with Crippen molar-refractivity contribution >= 4 is 27.7 Å². The summed E-state index contributed by atoms with van der Waals surface area (Å²) < 4.78 is 0.682. The van der Waals surface area contributed by atoms with E-state index >= 15 is 0 Å². The second-order valence-electron chi connectivity index (χ2n) is 4.25. The molecule has 0 bridgehead atoms. The smallest absolute Gasteiger partial charge is 0.252 e. The van der Waals surface area contributed by atoms with E-state index in [9.17, 15) is 9.59 Å². The highest BCUT2D eigenvalue weighted by molar-refractivity contribution is 9.10. The van der Waals surface area contributed by atoms with E-state index in [2.05, 4.69) is 26.6 Å². The van der Waals surface area contributed by atoms with Gasteiger partial charge in [0.15, 0.2) is 0 Å². The molecule has 0 aliphatic carbocycles. The molecule has 0 heterocycles. The summed E-state index contributed by atoms with van der Waals surface area (Å²) in [4.78, 5) is 23.3. The highest BCUT2D eigenvalue weighted by Crippen LogP contribution is 2.15. The van der Waals surface area contributed by atoms with Crippen molar-refractivity contribution in [1.82, 2.24) is 10.6 Å². The van der Waals surface area contributed by atoms with E-state index in [1.807, 2.05) is 13.0 Å². The van der Waals surface area contributed by atoms with Gasteiger partial charge in [0, 0.05) is 17.6 Å². The van der Waals surface area contributed by atoms with E-state index in [1.165, 1.54) is 0 Å². The van der Waals surface area contributed by atoms with Gasteiger partial charge in [0.05, 0.1) is 12.1 Å². The average molecular weight is 329 g/mol. The molecule has 1 aromatic rings. The zero-order chi connectivity index (χ0) is 14.3. The van der Waals surface area contributed by atoms with Crippen LogP contribution in [0.15, 0.2) is 28.7 Å². The number of aliphatic hydroxyl groups is 1. The topological polar surface area (TPSA) is 78.4 Å². The van der Waals surface area contributed by atoms with Gasteiger partial charge in [-0.1, -0.05) is 19.1 Å². The molecule has 5 nitrogen and oxygen atoms in total. The largest absolute Gasteiger partial charge is 0.396 e. The van der Waals surface area contributed by atoms with E-state index in [1.54, 1.807) is 18.2 Å². The summed E-state index contributed by atoms with van der Waals surface area (Å²) in [6.07, 6.45) is 0. The summed E-state index contributed by atoms with van der Waals surface area (Å²) >= 11 is 3.27. The van der Waals surface area contributed by atoms with Crippen molar-refractivity contribution < 1.29 is 14.7 Å². The Morgan fingerprint density at radius 3 is 2.63 bits per heavy atom. The summed E-state index contributed by atoms with van der Waals surface area (Å²) in [6, 6.07) is 7.00. The van der Waals surface area contributed by atoms with Gasteiger partial charge in [-0.3, -0.25) is 9.59 Å². The molecule has 1 atom stereocenters. The van der Waals surface area contributed by atoms with Crippen molar-refractivity contribution in [2.45, 2.75) is 6.92 Å². The van der Waals surface area contributed by atoms with Crippen molar-refractivity contribution in [2.75, 3.05) is 19.7 Å². The first kappa shape index (κ1) is 15.7. The monoisotopic (exact) mass is 328 g/mol. The van der Waals surface area contributed by atoms with Gasteiger partial charge in [0.25, 0.3) is 5.91 Å². The average Bonchev–Trinajstić information content (AvgIpc) is 2.42. The van der Waals surface area contributed by atoms with Crippen molar-refractivity contribution in [3.05, 3.63) is 34.3 Å². The standard InChI is InChI=1S/C13H17BrN2O3/c1-9(8-17)6-15-12(18)7-16-13(19)10-4-2-3-5-11(10)14/h2-5,9,17H,6-8H2,1H3,(H,15,18)(H,16,19). The van der Waals surface area contributed by atoms with Crippen molar-refractivity contribution in [3.8, 4) is 0 Å². The van der Waals surface area contributed by atoms with E-state index in [4.69, 9.17) is 5.11 Å². The fourth-order valence-corrected chi connectivity index (χ4v) is 1.78. The van der Waals surface area contributed by atoms with Crippen LogP contribution >= 0.6 is 15.9 Å². The van der Waals surface area contributed by atoms with Crippen molar-refractivity contribution in [2.24, 2.45) is 5.92 Å². The fraction of sp³-hybridized carbons (Fsp3) is 0.385. The van der Waals surface area contributed by atoms with Crippen LogP contribution in [0.1, 0.15) is 17.3 Å². The Balaban J connectivity index is 2.38. The fourth-order valence-electron chi connectivity index (χ4n) is 1.32. The van der Waals surface area contributed by atoms with Gasteiger partial charge < -0.3 is 15.7 Å². The third-order valence-corrected chi connectivity index (χ3v) is 3.18. The highest BCUT2D eigenvalue weighted by Gasteiger charge is 2.11. The molecule has 0 spiro atoms. The molecular formula is C13H17BrN2O3. The Labute approximate surface area is 120 Å². The number of carbonyl (C=O) groups excluding carboxylic acids is 2. The summed E-state index contributed by atoms with van der Waals surface area (Å²) in [5.41, 5.74) is 0.485. The maximum absolute atomic E-state index is 11.8. The maximum atomic E-state index is 11.8. The van der Waals surface area contributed by atoms with Crippen LogP contribution in [0.3, 0.4) is 0 Å². The molecular weight excluding hydrogens is 312 g/mol. The number of amides is 2. The third-order valence-electron chi connectivity index (χ3n) is 2.49. The van der Waals surface area contributed by atoms with Crippen LogP contribution < -0.4 is 10.6 Å². The number of carbonyl (C=O) groups is 2. The molecule has 2 amide bonds. The molecule has 1 rings (SSSR count). The lowest BCUT2D eigenvalue weighted by molar-refractivity contribution is -0.120. The number of hydrogen-bond donors (Lipinski definition) is 3. The Kier molecular flexibility index (Phi) is 6.52. The lowest BCUT2D eigenvalue weighted by atomic mass is 10.2. The number of benzene rings is 1. The first-order valence-electron chi connectivity index (χ1n) is 5.95. The van der Waals surface area contributed by atoms with Crippen LogP contribution in [-0.4, -0.2) is 36.6 Å². The molecule has 0 radical (unpaired) electrons. The van der Waals surface area contributed by atoms with Crippen LogP contribution in [0.5, 0.6) is 0 Å². The van der Waals surface area contributed by atoms with Crippen LogP contribution in [0.2, 0.25) is 0 Å². The molecule has 19 heavy (non-hydrogen) atoms. The molecule has 0 saturated heterocycles. The first-order chi connectivity index (χ1) is 9.04. The molecule has 104 valence electrons.